The summed E-state index contributed by atoms with van der Waals surface area (Å²) in [5.41, 5.74) is 1.15. The molecule has 0 aliphatic carbocycles. The molecule has 0 spiro atoms. The summed E-state index contributed by atoms with van der Waals surface area (Å²) < 4.78 is 0. The summed E-state index contributed by atoms with van der Waals surface area (Å²) in [6, 6.07) is 16.3. The Kier molecular flexibility index (Phi) is 7.62. The minimum Gasteiger partial charge on any atom is -0.347 e. The molecule has 0 radical (unpaired) electrons. The molecular weight excluding hydrogens is 388 g/mol. The zero-order valence-electron chi connectivity index (χ0n) is 16.5. The van der Waals surface area contributed by atoms with Crippen LogP contribution in [0.1, 0.15) is 11.6 Å². The third-order valence-corrected chi connectivity index (χ3v) is 6.00. The summed E-state index contributed by atoms with van der Waals surface area (Å²) in [7, 11) is 2.13. The molecule has 1 fully saturated rings. The minimum atomic E-state index is -0.427. The van der Waals surface area contributed by atoms with Crippen molar-refractivity contribution >= 4 is 23.4 Å². The van der Waals surface area contributed by atoms with E-state index in [1.807, 2.05) is 30.3 Å². The third kappa shape index (κ3) is 6.56. The molecule has 1 heterocycles. The number of thioether (sulfide) groups is 1. The lowest BCUT2D eigenvalue weighted by Crippen LogP contribution is -2.48. The van der Waals surface area contributed by atoms with Gasteiger partial charge >= 0.3 is 0 Å². The average Bonchev–Trinajstić information content (AvgIpc) is 2.74. The van der Waals surface area contributed by atoms with Gasteiger partial charge in [0.05, 0.1) is 16.7 Å². The van der Waals surface area contributed by atoms with Crippen LogP contribution in [0.3, 0.4) is 0 Å². The fraction of sp³-hybridized carbons (Fsp3) is 0.381. The van der Waals surface area contributed by atoms with Crippen molar-refractivity contribution in [2.24, 2.45) is 0 Å². The van der Waals surface area contributed by atoms with Crippen LogP contribution in [0.25, 0.3) is 0 Å². The Bertz CT molecular complexity index is 808. The van der Waals surface area contributed by atoms with Gasteiger partial charge in [0, 0.05) is 49.8 Å². The number of piperazine rings is 1. The van der Waals surface area contributed by atoms with E-state index in [1.165, 1.54) is 23.9 Å². The normalized spacial score (nSPS) is 16.3. The molecule has 29 heavy (non-hydrogen) atoms. The second-order valence-electron chi connectivity index (χ2n) is 7.17. The monoisotopic (exact) mass is 414 g/mol. The summed E-state index contributed by atoms with van der Waals surface area (Å²) in [4.78, 5) is 28.5. The van der Waals surface area contributed by atoms with E-state index in [2.05, 4.69) is 22.2 Å². The molecule has 0 bridgehead atoms. The average molecular weight is 415 g/mol. The van der Waals surface area contributed by atoms with E-state index >= 15 is 0 Å². The summed E-state index contributed by atoms with van der Waals surface area (Å²) in [6.45, 7) is 4.84. The first-order valence-corrected chi connectivity index (χ1v) is 10.6. The number of benzene rings is 2. The number of hydrogen-bond donors (Lipinski definition) is 1. The molecule has 1 atom stereocenters. The number of likely N-dealkylation sites (N-methyl/N-ethyl adjacent to an activating group) is 1. The first-order chi connectivity index (χ1) is 14.0. The van der Waals surface area contributed by atoms with Gasteiger partial charge in [-0.15, -0.1) is 11.8 Å². The lowest BCUT2D eigenvalue weighted by molar-refractivity contribution is -0.384. The summed E-state index contributed by atoms with van der Waals surface area (Å²) in [6.07, 6.45) is 0. The van der Waals surface area contributed by atoms with Gasteiger partial charge in [-0.25, -0.2) is 0 Å². The van der Waals surface area contributed by atoms with Gasteiger partial charge in [-0.05, 0) is 24.7 Å². The van der Waals surface area contributed by atoms with Gasteiger partial charge < -0.3 is 10.2 Å². The first kappa shape index (κ1) is 21.3. The van der Waals surface area contributed by atoms with Crippen LogP contribution in [0.2, 0.25) is 0 Å². The van der Waals surface area contributed by atoms with Crippen molar-refractivity contribution in [3.05, 3.63) is 70.3 Å². The highest BCUT2D eigenvalue weighted by atomic mass is 32.2. The van der Waals surface area contributed by atoms with E-state index in [-0.39, 0.29) is 23.4 Å². The molecule has 3 rings (SSSR count). The van der Waals surface area contributed by atoms with Crippen LogP contribution in [-0.2, 0) is 4.79 Å². The second kappa shape index (κ2) is 10.4. The van der Waals surface area contributed by atoms with E-state index < -0.39 is 4.92 Å². The van der Waals surface area contributed by atoms with Crippen LogP contribution in [0.4, 0.5) is 5.69 Å². The lowest BCUT2D eigenvalue weighted by Gasteiger charge is -2.35. The van der Waals surface area contributed by atoms with E-state index in [9.17, 15) is 14.9 Å². The topological polar surface area (TPSA) is 78.7 Å². The van der Waals surface area contributed by atoms with E-state index in [1.54, 1.807) is 12.1 Å². The zero-order valence-corrected chi connectivity index (χ0v) is 17.3. The molecule has 2 aromatic carbocycles. The second-order valence-corrected chi connectivity index (χ2v) is 8.22. The van der Waals surface area contributed by atoms with Crippen LogP contribution >= 0.6 is 11.8 Å². The van der Waals surface area contributed by atoms with Gasteiger partial charge in [0.25, 0.3) is 5.69 Å². The van der Waals surface area contributed by atoms with Crippen molar-refractivity contribution in [2.75, 3.05) is 45.5 Å². The standard InChI is InChI=1S/C21H26N4O3S/c1-23-11-13-24(14-12-23)15-20(17-5-3-2-4-6-17)22-21(26)16-29-19-9-7-18(8-10-19)25(27)28/h2-10,20H,11-16H2,1H3,(H,22,26). The predicted octanol–water partition coefficient (Wildman–Crippen LogP) is 2.79. The molecule has 1 saturated heterocycles. The van der Waals surface area contributed by atoms with Gasteiger partial charge in [0.15, 0.2) is 0 Å². The van der Waals surface area contributed by atoms with Crippen molar-refractivity contribution in [3.63, 3.8) is 0 Å². The Morgan fingerprint density at radius 3 is 2.38 bits per heavy atom. The maximum Gasteiger partial charge on any atom is 0.269 e. The number of amides is 1. The quantitative estimate of drug-likeness (QED) is 0.407. The highest BCUT2D eigenvalue weighted by Gasteiger charge is 2.21. The number of carbonyl (C=O) groups is 1. The Labute approximate surface area is 175 Å². The van der Waals surface area contributed by atoms with Crippen molar-refractivity contribution in [1.29, 1.82) is 0 Å². The fourth-order valence-electron chi connectivity index (χ4n) is 3.26. The minimum absolute atomic E-state index is 0.0451. The van der Waals surface area contributed by atoms with Crippen molar-refractivity contribution < 1.29 is 9.72 Å². The summed E-state index contributed by atoms with van der Waals surface area (Å²) >= 11 is 1.38. The van der Waals surface area contributed by atoms with Crippen LogP contribution < -0.4 is 5.32 Å². The molecular formula is C21H26N4O3S. The molecule has 154 valence electrons. The highest BCUT2D eigenvalue weighted by Crippen LogP contribution is 2.22. The number of nitrogens with one attached hydrogen (secondary N) is 1. The molecule has 1 unspecified atom stereocenters. The smallest absolute Gasteiger partial charge is 0.269 e. The number of nitrogens with zero attached hydrogens (tertiary/aromatic N) is 3. The van der Waals surface area contributed by atoms with Gasteiger partial charge in [-0.3, -0.25) is 19.8 Å². The van der Waals surface area contributed by atoms with Crippen LogP contribution in [-0.4, -0.2) is 66.2 Å². The van der Waals surface area contributed by atoms with Crippen molar-refractivity contribution in [3.8, 4) is 0 Å². The van der Waals surface area contributed by atoms with Gasteiger partial charge in [0.1, 0.15) is 0 Å². The number of rotatable bonds is 8. The Balaban J connectivity index is 1.57. The van der Waals surface area contributed by atoms with E-state index in [4.69, 9.17) is 0 Å². The van der Waals surface area contributed by atoms with E-state index in [0.29, 0.717) is 0 Å². The molecule has 1 N–H and O–H groups in total. The summed E-state index contributed by atoms with van der Waals surface area (Å²) in [5.74, 6) is 0.223. The Morgan fingerprint density at radius 2 is 1.76 bits per heavy atom. The first-order valence-electron chi connectivity index (χ1n) is 9.64. The zero-order chi connectivity index (χ0) is 20.6. The maximum atomic E-state index is 12.6. The Hall–Kier alpha value is -2.42. The van der Waals surface area contributed by atoms with Crippen LogP contribution in [0.15, 0.2) is 59.5 Å². The Morgan fingerprint density at radius 1 is 1.10 bits per heavy atom. The molecule has 0 aromatic heterocycles. The molecule has 7 nitrogen and oxygen atoms in total. The number of non-ortho nitro benzene ring substituents is 1. The predicted molar refractivity (Wildman–Crippen MR) is 115 cm³/mol. The lowest BCUT2D eigenvalue weighted by atomic mass is 10.1. The van der Waals surface area contributed by atoms with Crippen LogP contribution in [0, 0.1) is 10.1 Å². The molecule has 1 amide bonds. The fourth-order valence-corrected chi connectivity index (χ4v) is 3.97. The maximum absolute atomic E-state index is 12.6. The van der Waals surface area contributed by atoms with Crippen molar-refractivity contribution in [1.82, 2.24) is 15.1 Å². The van der Waals surface area contributed by atoms with Crippen molar-refractivity contribution in [2.45, 2.75) is 10.9 Å². The summed E-state index contributed by atoms with van der Waals surface area (Å²) in [5, 5.41) is 13.9. The molecule has 1 aliphatic rings. The SMILES string of the molecule is CN1CCN(CC(NC(=O)CSc2ccc([N+](=O)[O-])cc2)c2ccccc2)CC1. The number of nitro benzene ring substituents is 1. The van der Waals surface area contributed by atoms with Gasteiger partial charge in [0.2, 0.25) is 5.91 Å². The highest BCUT2D eigenvalue weighted by molar-refractivity contribution is 8.00. The molecule has 2 aromatic rings. The number of nitro groups is 1. The number of hydrogen-bond acceptors (Lipinski definition) is 6. The van der Waals surface area contributed by atoms with Gasteiger partial charge in [-0.1, -0.05) is 30.3 Å². The third-order valence-electron chi connectivity index (χ3n) is 4.99. The molecule has 0 saturated carbocycles. The molecule has 8 heteroatoms. The largest absolute Gasteiger partial charge is 0.347 e. The van der Waals surface area contributed by atoms with Gasteiger partial charge in [-0.2, -0.15) is 0 Å². The number of carbonyl (C=O) groups excluding carboxylic acids is 1. The molecule has 1 aliphatic heterocycles. The van der Waals surface area contributed by atoms with Crippen LogP contribution in [0.5, 0.6) is 0 Å². The van der Waals surface area contributed by atoms with E-state index in [0.717, 1.165) is 43.2 Å².